The maximum Gasteiger partial charge on any atom is 0.242 e. The summed E-state index contributed by atoms with van der Waals surface area (Å²) in [4.78, 5) is 14.4. The van der Waals surface area contributed by atoms with Crippen molar-refractivity contribution in [2.75, 3.05) is 24.5 Å². The Balaban J connectivity index is 2.34. The first-order valence-corrected chi connectivity index (χ1v) is 6.94. The summed E-state index contributed by atoms with van der Waals surface area (Å²) in [5, 5.41) is 2.97. The highest BCUT2D eigenvalue weighted by Crippen LogP contribution is 2.23. The Hall–Kier alpha value is -1.55. The van der Waals surface area contributed by atoms with Crippen molar-refractivity contribution in [1.82, 2.24) is 5.32 Å². The van der Waals surface area contributed by atoms with Crippen LogP contribution in [-0.4, -0.2) is 31.6 Å². The number of hydrogen-bond donors (Lipinski definition) is 2. The van der Waals surface area contributed by atoms with Gasteiger partial charge in [-0.05, 0) is 56.5 Å². The fourth-order valence-corrected chi connectivity index (χ4v) is 2.75. The zero-order valence-electron chi connectivity index (χ0n) is 11.8. The van der Waals surface area contributed by atoms with Crippen LogP contribution in [0.4, 0.5) is 5.69 Å². The second-order valence-corrected chi connectivity index (χ2v) is 5.28. The number of aryl methyl sites for hydroxylation is 2. The SMILES string of the molecule is Cc1cc(C)cc(N2CCCNC(=O)C2CCN)c1. The van der Waals surface area contributed by atoms with Crippen molar-refractivity contribution in [3.63, 3.8) is 0 Å². The number of nitrogens with two attached hydrogens (primary N) is 1. The number of carbonyl (C=O) groups is 1. The number of hydrogen-bond acceptors (Lipinski definition) is 3. The lowest BCUT2D eigenvalue weighted by atomic mass is 10.1. The highest BCUT2D eigenvalue weighted by Gasteiger charge is 2.27. The average Bonchev–Trinajstić information content (AvgIpc) is 2.52. The molecule has 2 rings (SSSR count). The Labute approximate surface area is 115 Å². The van der Waals surface area contributed by atoms with Crippen LogP contribution in [0.5, 0.6) is 0 Å². The Kier molecular flexibility index (Phi) is 4.43. The lowest BCUT2D eigenvalue weighted by Crippen LogP contribution is -2.45. The predicted octanol–water partition coefficient (Wildman–Crippen LogP) is 1.35. The molecule has 1 aromatic rings. The molecule has 19 heavy (non-hydrogen) atoms. The molecule has 1 amide bonds. The van der Waals surface area contributed by atoms with E-state index < -0.39 is 0 Å². The highest BCUT2D eigenvalue weighted by atomic mass is 16.2. The van der Waals surface area contributed by atoms with Crippen molar-refractivity contribution < 1.29 is 4.79 Å². The molecule has 4 nitrogen and oxygen atoms in total. The molecule has 0 radical (unpaired) electrons. The Bertz CT molecular complexity index is 438. The largest absolute Gasteiger partial charge is 0.359 e. The topological polar surface area (TPSA) is 58.4 Å². The Morgan fingerprint density at radius 2 is 2.00 bits per heavy atom. The van der Waals surface area contributed by atoms with Gasteiger partial charge in [-0.25, -0.2) is 0 Å². The number of nitrogens with one attached hydrogen (secondary N) is 1. The van der Waals surface area contributed by atoms with Gasteiger partial charge in [-0.3, -0.25) is 4.79 Å². The fourth-order valence-electron chi connectivity index (χ4n) is 2.75. The molecule has 0 bridgehead atoms. The van der Waals surface area contributed by atoms with Gasteiger partial charge in [0.05, 0.1) is 0 Å². The van der Waals surface area contributed by atoms with Gasteiger partial charge in [0.2, 0.25) is 5.91 Å². The van der Waals surface area contributed by atoms with E-state index >= 15 is 0 Å². The number of anilines is 1. The molecule has 0 aromatic heterocycles. The van der Waals surface area contributed by atoms with Crippen LogP contribution < -0.4 is 16.0 Å². The molecule has 4 heteroatoms. The first kappa shape index (κ1) is 13.9. The molecule has 0 aliphatic carbocycles. The van der Waals surface area contributed by atoms with E-state index in [2.05, 4.69) is 42.3 Å². The smallest absolute Gasteiger partial charge is 0.242 e. The minimum Gasteiger partial charge on any atom is -0.359 e. The van der Waals surface area contributed by atoms with Crippen LogP contribution in [-0.2, 0) is 4.79 Å². The molecule has 1 aliphatic heterocycles. The fraction of sp³-hybridized carbons (Fsp3) is 0.533. The van der Waals surface area contributed by atoms with E-state index in [1.165, 1.54) is 11.1 Å². The molecule has 1 fully saturated rings. The zero-order valence-corrected chi connectivity index (χ0v) is 11.8. The van der Waals surface area contributed by atoms with Gasteiger partial charge < -0.3 is 16.0 Å². The van der Waals surface area contributed by atoms with Crippen molar-refractivity contribution in [3.05, 3.63) is 29.3 Å². The summed E-state index contributed by atoms with van der Waals surface area (Å²) in [6, 6.07) is 6.30. The molecule has 1 aliphatic rings. The third kappa shape index (κ3) is 3.26. The summed E-state index contributed by atoms with van der Waals surface area (Å²) in [5.74, 6) is 0.0992. The van der Waals surface area contributed by atoms with Crippen LogP contribution in [0.3, 0.4) is 0 Å². The molecule has 1 heterocycles. The van der Waals surface area contributed by atoms with E-state index in [1.54, 1.807) is 0 Å². The minimum atomic E-state index is -0.145. The van der Waals surface area contributed by atoms with Crippen LogP contribution in [0, 0.1) is 13.8 Å². The second kappa shape index (κ2) is 6.06. The molecule has 0 saturated carbocycles. The summed E-state index contributed by atoms with van der Waals surface area (Å²) >= 11 is 0. The molecule has 1 atom stereocenters. The van der Waals surface area contributed by atoms with Crippen LogP contribution in [0.1, 0.15) is 24.0 Å². The molecule has 0 spiro atoms. The van der Waals surface area contributed by atoms with Gasteiger partial charge in [-0.15, -0.1) is 0 Å². The van der Waals surface area contributed by atoms with Gasteiger partial charge in [0.1, 0.15) is 6.04 Å². The minimum absolute atomic E-state index is 0.0992. The van der Waals surface area contributed by atoms with Crippen LogP contribution >= 0.6 is 0 Å². The van der Waals surface area contributed by atoms with Gasteiger partial charge in [-0.2, -0.15) is 0 Å². The lowest BCUT2D eigenvalue weighted by molar-refractivity contribution is -0.122. The molecule has 1 unspecified atom stereocenters. The second-order valence-electron chi connectivity index (χ2n) is 5.28. The Morgan fingerprint density at radius 1 is 1.32 bits per heavy atom. The van der Waals surface area contributed by atoms with Crippen LogP contribution in [0.15, 0.2) is 18.2 Å². The van der Waals surface area contributed by atoms with E-state index in [4.69, 9.17) is 5.73 Å². The first-order chi connectivity index (χ1) is 9.11. The maximum absolute atomic E-state index is 12.1. The first-order valence-electron chi connectivity index (χ1n) is 6.94. The zero-order chi connectivity index (χ0) is 13.8. The van der Waals surface area contributed by atoms with Crippen LogP contribution in [0.2, 0.25) is 0 Å². The average molecular weight is 261 g/mol. The van der Waals surface area contributed by atoms with Crippen molar-refractivity contribution >= 4 is 11.6 Å². The number of rotatable bonds is 3. The molecule has 1 saturated heterocycles. The molecule has 3 N–H and O–H groups in total. The summed E-state index contributed by atoms with van der Waals surface area (Å²) < 4.78 is 0. The standard InChI is InChI=1S/C15H23N3O/c1-11-8-12(2)10-13(9-11)18-7-3-6-17-15(19)14(18)4-5-16/h8-10,14H,3-7,16H2,1-2H3,(H,17,19). The van der Waals surface area contributed by atoms with Gasteiger partial charge in [0.15, 0.2) is 0 Å². The van der Waals surface area contributed by atoms with Crippen LogP contribution in [0.25, 0.3) is 0 Å². The third-order valence-corrected chi connectivity index (χ3v) is 3.53. The van der Waals surface area contributed by atoms with Crippen molar-refractivity contribution in [2.24, 2.45) is 5.73 Å². The van der Waals surface area contributed by atoms with Gasteiger partial charge in [0, 0.05) is 18.8 Å². The number of nitrogens with zero attached hydrogens (tertiary/aromatic N) is 1. The molecular formula is C15H23N3O. The normalized spacial score (nSPS) is 20.1. The maximum atomic E-state index is 12.1. The van der Waals surface area contributed by atoms with Gasteiger partial charge >= 0.3 is 0 Å². The summed E-state index contributed by atoms with van der Waals surface area (Å²) in [7, 11) is 0. The predicted molar refractivity (Wildman–Crippen MR) is 78.3 cm³/mol. The van der Waals surface area contributed by atoms with Crippen molar-refractivity contribution in [3.8, 4) is 0 Å². The molecule has 104 valence electrons. The Morgan fingerprint density at radius 3 is 2.63 bits per heavy atom. The third-order valence-electron chi connectivity index (χ3n) is 3.53. The summed E-state index contributed by atoms with van der Waals surface area (Å²) in [6.45, 7) is 6.35. The number of carbonyl (C=O) groups excluding carboxylic acids is 1. The van der Waals surface area contributed by atoms with E-state index in [-0.39, 0.29) is 11.9 Å². The molecule has 1 aromatic carbocycles. The summed E-state index contributed by atoms with van der Waals surface area (Å²) in [5.41, 5.74) is 9.25. The quantitative estimate of drug-likeness (QED) is 0.863. The van der Waals surface area contributed by atoms with E-state index in [1.807, 2.05) is 0 Å². The highest BCUT2D eigenvalue weighted by molar-refractivity contribution is 5.85. The van der Waals surface area contributed by atoms with E-state index in [0.717, 1.165) is 25.2 Å². The van der Waals surface area contributed by atoms with Gasteiger partial charge in [0.25, 0.3) is 0 Å². The summed E-state index contributed by atoms with van der Waals surface area (Å²) in [6.07, 6.45) is 1.67. The lowest BCUT2D eigenvalue weighted by Gasteiger charge is -2.30. The van der Waals surface area contributed by atoms with Gasteiger partial charge in [-0.1, -0.05) is 6.07 Å². The van der Waals surface area contributed by atoms with Crippen molar-refractivity contribution in [1.29, 1.82) is 0 Å². The number of amides is 1. The molecular weight excluding hydrogens is 238 g/mol. The monoisotopic (exact) mass is 261 g/mol. The van der Waals surface area contributed by atoms with E-state index in [0.29, 0.717) is 13.0 Å². The van der Waals surface area contributed by atoms with E-state index in [9.17, 15) is 4.79 Å². The van der Waals surface area contributed by atoms with Crippen molar-refractivity contribution in [2.45, 2.75) is 32.7 Å². The number of benzene rings is 1.